The Bertz CT molecular complexity index is 747. The highest BCUT2D eigenvalue weighted by atomic mass is 19.1. The van der Waals surface area contributed by atoms with Gasteiger partial charge in [-0.15, -0.1) is 0 Å². The summed E-state index contributed by atoms with van der Waals surface area (Å²) in [6.07, 6.45) is 0.632. The number of halogens is 1. The molecule has 2 aliphatic heterocycles. The fourth-order valence-electron chi connectivity index (χ4n) is 3.30. The Kier molecular flexibility index (Phi) is 2.66. The summed E-state index contributed by atoms with van der Waals surface area (Å²) in [7, 11) is 0. The van der Waals surface area contributed by atoms with Crippen LogP contribution in [-0.2, 0) is 0 Å². The van der Waals surface area contributed by atoms with Crippen molar-refractivity contribution in [2.45, 2.75) is 25.1 Å². The Morgan fingerprint density at radius 1 is 1.23 bits per heavy atom. The number of nitrogens with one attached hydrogen (secondary N) is 1. The van der Waals surface area contributed by atoms with Crippen LogP contribution in [0.4, 0.5) is 14.9 Å². The minimum atomic E-state index is -0.792. The molecule has 1 N–H and O–H groups in total. The fraction of sp³-hybridized carbons (Fsp3) is 0.235. The number of hydrogen-bond donors (Lipinski definition) is 1. The van der Waals surface area contributed by atoms with Gasteiger partial charge in [-0.2, -0.15) is 0 Å². The van der Waals surface area contributed by atoms with Crippen molar-refractivity contribution in [1.29, 1.82) is 0 Å². The molecule has 112 valence electrons. The van der Waals surface area contributed by atoms with Crippen LogP contribution in [0.1, 0.15) is 24.9 Å². The fourth-order valence-corrected chi connectivity index (χ4v) is 3.30. The lowest BCUT2D eigenvalue weighted by atomic mass is 9.90. The monoisotopic (exact) mass is 298 g/mol. The van der Waals surface area contributed by atoms with Gasteiger partial charge in [0.25, 0.3) is 0 Å². The Hall–Kier alpha value is -2.56. The van der Waals surface area contributed by atoms with E-state index in [0.717, 1.165) is 11.3 Å². The van der Waals surface area contributed by atoms with E-state index in [4.69, 9.17) is 4.74 Å². The highest BCUT2D eigenvalue weighted by Crippen LogP contribution is 2.45. The first-order chi connectivity index (χ1) is 10.6. The molecule has 22 heavy (non-hydrogen) atoms. The summed E-state index contributed by atoms with van der Waals surface area (Å²) in [6, 6.07) is 13.3. The Morgan fingerprint density at radius 2 is 1.95 bits per heavy atom. The highest BCUT2D eigenvalue weighted by molar-refractivity contribution is 5.94. The summed E-state index contributed by atoms with van der Waals surface area (Å²) < 4.78 is 19.3. The van der Waals surface area contributed by atoms with Crippen molar-refractivity contribution in [2.24, 2.45) is 0 Å². The van der Waals surface area contributed by atoms with E-state index in [0.29, 0.717) is 12.1 Å². The molecule has 0 spiro atoms. The van der Waals surface area contributed by atoms with Gasteiger partial charge in [0.2, 0.25) is 0 Å². The third-order valence-electron chi connectivity index (χ3n) is 4.27. The first kappa shape index (κ1) is 13.1. The number of hydrogen-bond acceptors (Lipinski definition) is 2. The summed E-state index contributed by atoms with van der Waals surface area (Å²) in [4.78, 5) is 14.1. The van der Waals surface area contributed by atoms with E-state index in [9.17, 15) is 9.18 Å². The molecule has 0 aliphatic carbocycles. The van der Waals surface area contributed by atoms with E-state index in [1.165, 1.54) is 12.1 Å². The Labute approximate surface area is 127 Å². The van der Waals surface area contributed by atoms with E-state index < -0.39 is 5.72 Å². The molecule has 4 rings (SSSR count). The van der Waals surface area contributed by atoms with Crippen LogP contribution in [0, 0.1) is 5.82 Å². The standard InChI is InChI=1S/C17H15FN2O2/c1-17-10-14(13-4-2-3-5-15(13)22-17)19-16(21)20(17)12-8-6-11(18)7-9-12/h2-9,14H,10H2,1H3,(H,19,21). The molecule has 2 aromatic rings. The van der Waals surface area contributed by atoms with Crippen molar-refractivity contribution in [3.05, 3.63) is 59.9 Å². The normalized spacial score (nSPS) is 26.0. The van der Waals surface area contributed by atoms with Crippen LogP contribution >= 0.6 is 0 Å². The second-order valence-corrected chi connectivity index (χ2v) is 5.83. The van der Waals surface area contributed by atoms with Gasteiger partial charge in [0.1, 0.15) is 11.6 Å². The van der Waals surface area contributed by atoms with Crippen molar-refractivity contribution in [1.82, 2.24) is 5.32 Å². The molecule has 5 heteroatoms. The number of benzene rings is 2. The minimum Gasteiger partial charge on any atom is -0.467 e. The van der Waals surface area contributed by atoms with Gasteiger partial charge in [0.15, 0.2) is 5.72 Å². The lowest BCUT2D eigenvalue weighted by Crippen LogP contribution is -2.65. The molecule has 4 nitrogen and oxygen atoms in total. The molecule has 2 aromatic carbocycles. The van der Waals surface area contributed by atoms with Crippen LogP contribution in [0.5, 0.6) is 5.75 Å². The van der Waals surface area contributed by atoms with E-state index in [1.54, 1.807) is 17.0 Å². The van der Waals surface area contributed by atoms with E-state index in [-0.39, 0.29) is 17.9 Å². The number of rotatable bonds is 1. The summed E-state index contributed by atoms with van der Waals surface area (Å²) in [5, 5.41) is 3.01. The molecule has 0 aromatic heterocycles. The van der Waals surface area contributed by atoms with Crippen LogP contribution in [0.25, 0.3) is 0 Å². The molecule has 2 bridgehead atoms. The predicted molar refractivity (Wildman–Crippen MR) is 80.2 cm³/mol. The third kappa shape index (κ3) is 1.85. The number of fused-ring (bicyclic) bond motifs is 4. The van der Waals surface area contributed by atoms with Gasteiger partial charge in [-0.3, -0.25) is 4.90 Å². The second-order valence-electron chi connectivity index (χ2n) is 5.83. The van der Waals surface area contributed by atoms with Gasteiger partial charge in [0, 0.05) is 17.7 Å². The molecule has 2 unspecified atom stereocenters. The number of nitrogens with zero attached hydrogens (tertiary/aromatic N) is 1. The zero-order valence-electron chi connectivity index (χ0n) is 12.0. The van der Waals surface area contributed by atoms with Crippen molar-refractivity contribution in [3.63, 3.8) is 0 Å². The molecule has 2 heterocycles. The maximum Gasteiger partial charge on any atom is 0.325 e. The number of urea groups is 1. The molecule has 0 radical (unpaired) electrons. The van der Waals surface area contributed by atoms with Crippen LogP contribution in [0.15, 0.2) is 48.5 Å². The predicted octanol–water partition coefficient (Wildman–Crippen LogP) is 3.60. The summed E-state index contributed by atoms with van der Waals surface area (Å²) in [5.74, 6) is 0.437. The molecule has 1 saturated heterocycles. The Morgan fingerprint density at radius 3 is 2.73 bits per heavy atom. The second kappa shape index (κ2) is 4.47. The van der Waals surface area contributed by atoms with Gasteiger partial charge < -0.3 is 10.1 Å². The largest absolute Gasteiger partial charge is 0.467 e. The van der Waals surface area contributed by atoms with Gasteiger partial charge in [-0.1, -0.05) is 18.2 Å². The van der Waals surface area contributed by atoms with Gasteiger partial charge in [0.05, 0.1) is 6.04 Å². The zero-order valence-corrected chi connectivity index (χ0v) is 12.0. The molecule has 2 atom stereocenters. The zero-order chi connectivity index (χ0) is 15.3. The lowest BCUT2D eigenvalue weighted by Gasteiger charge is -2.50. The number of carbonyl (C=O) groups is 1. The van der Waals surface area contributed by atoms with Crippen LogP contribution in [0.2, 0.25) is 0 Å². The van der Waals surface area contributed by atoms with Gasteiger partial charge in [-0.25, -0.2) is 9.18 Å². The number of amides is 2. The van der Waals surface area contributed by atoms with Crippen molar-refractivity contribution >= 4 is 11.7 Å². The number of anilines is 1. The number of ether oxygens (including phenoxy) is 1. The lowest BCUT2D eigenvalue weighted by molar-refractivity contribution is 0.0378. The molecule has 0 saturated carbocycles. The van der Waals surface area contributed by atoms with Gasteiger partial charge in [-0.05, 0) is 37.3 Å². The Balaban J connectivity index is 1.80. The van der Waals surface area contributed by atoms with Crippen molar-refractivity contribution < 1.29 is 13.9 Å². The summed E-state index contributed by atoms with van der Waals surface area (Å²) >= 11 is 0. The first-order valence-corrected chi connectivity index (χ1v) is 7.21. The average Bonchev–Trinajstić information content (AvgIpc) is 2.48. The molecule has 1 fully saturated rings. The molecule has 2 aliphatic rings. The summed E-state index contributed by atoms with van der Waals surface area (Å²) in [5.41, 5.74) is 0.811. The molecular formula is C17H15FN2O2. The van der Waals surface area contributed by atoms with E-state index in [2.05, 4.69) is 5.32 Å². The molecule has 2 amide bonds. The van der Waals surface area contributed by atoms with E-state index in [1.807, 2.05) is 31.2 Å². The van der Waals surface area contributed by atoms with Crippen LogP contribution < -0.4 is 15.0 Å². The number of carbonyl (C=O) groups excluding carboxylic acids is 1. The summed E-state index contributed by atoms with van der Waals surface area (Å²) in [6.45, 7) is 1.89. The highest BCUT2D eigenvalue weighted by Gasteiger charge is 2.49. The van der Waals surface area contributed by atoms with Crippen molar-refractivity contribution in [2.75, 3.05) is 4.90 Å². The first-order valence-electron chi connectivity index (χ1n) is 7.21. The SMILES string of the molecule is CC12CC(NC(=O)N1c1ccc(F)cc1)c1ccccc1O2. The number of para-hydroxylation sites is 1. The average molecular weight is 298 g/mol. The van der Waals surface area contributed by atoms with Gasteiger partial charge >= 0.3 is 6.03 Å². The van der Waals surface area contributed by atoms with Crippen LogP contribution in [-0.4, -0.2) is 11.8 Å². The maximum absolute atomic E-state index is 13.1. The molecular weight excluding hydrogens is 283 g/mol. The maximum atomic E-state index is 13.1. The topological polar surface area (TPSA) is 41.6 Å². The minimum absolute atomic E-state index is 0.0702. The van der Waals surface area contributed by atoms with Crippen molar-refractivity contribution in [3.8, 4) is 5.75 Å². The quantitative estimate of drug-likeness (QED) is 0.874. The van der Waals surface area contributed by atoms with E-state index >= 15 is 0 Å². The third-order valence-corrected chi connectivity index (χ3v) is 4.27. The smallest absolute Gasteiger partial charge is 0.325 e. The van der Waals surface area contributed by atoms with Crippen LogP contribution in [0.3, 0.4) is 0 Å².